The van der Waals surface area contributed by atoms with Gasteiger partial charge in [-0.3, -0.25) is 9.59 Å². The zero-order valence-electron chi connectivity index (χ0n) is 14.5. The number of carbonyl (C=O) groups is 2. The lowest BCUT2D eigenvalue weighted by Gasteiger charge is -2.15. The standard InChI is InChI=1S/C19H17ClN2O3S2/c1-12(23)21-9-10-25-18(24)17(13-5-3-2-4-6-13)27-19-22-15-11-14(20)7-8-16(15)26-19/h2-8,11,17H,9-10H2,1H3,(H,21,23). The van der Waals surface area contributed by atoms with E-state index < -0.39 is 5.25 Å². The number of benzene rings is 2. The summed E-state index contributed by atoms with van der Waals surface area (Å²) in [5, 5.41) is 2.69. The first-order valence-corrected chi connectivity index (χ1v) is 10.3. The third-order valence-corrected chi connectivity index (χ3v) is 6.18. The molecule has 1 amide bonds. The molecule has 3 aromatic rings. The molecule has 0 radical (unpaired) electrons. The molecule has 140 valence electrons. The number of thioether (sulfide) groups is 1. The van der Waals surface area contributed by atoms with Crippen molar-refractivity contribution in [1.29, 1.82) is 0 Å². The van der Waals surface area contributed by atoms with Crippen molar-refractivity contribution in [2.45, 2.75) is 16.5 Å². The van der Waals surface area contributed by atoms with Crippen molar-refractivity contribution in [2.24, 2.45) is 0 Å². The molecule has 1 aromatic heterocycles. The number of hydrogen-bond donors (Lipinski definition) is 1. The number of nitrogens with one attached hydrogen (secondary N) is 1. The molecule has 1 N–H and O–H groups in total. The average molecular weight is 421 g/mol. The van der Waals surface area contributed by atoms with Crippen LogP contribution < -0.4 is 5.32 Å². The molecule has 8 heteroatoms. The van der Waals surface area contributed by atoms with Gasteiger partial charge in [-0.05, 0) is 23.8 Å². The molecule has 0 saturated carbocycles. The second-order valence-corrected chi connectivity index (χ2v) is 8.47. The van der Waals surface area contributed by atoms with E-state index in [1.165, 1.54) is 30.0 Å². The van der Waals surface area contributed by atoms with Crippen LogP contribution >= 0.6 is 34.7 Å². The van der Waals surface area contributed by atoms with Crippen LogP contribution in [0.1, 0.15) is 17.7 Å². The minimum atomic E-state index is -0.542. The Labute approximate surface area is 170 Å². The number of thiazole rings is 1. The monoisotopic (exact) mass is 420 g/mol. The minimum Gasteiger partial charge on any atom is -0.463 e. The molecule has 0 spiro atoms. The number of fused-ring (bicyclic) bond motifs is 1. The molecule has 1 heterocycles. The topological polar surface area (TPSA) is 68.3 Å². The second kappa shape index (κ2) is 9.21. The highest BCUT2D eigenvalue weighted by atomic mass is 35.5. The summed E-state index contributed by atoms with van der Waals surface area (Å²) in [5.74, 6) is -0.526. The molecule has 0 bridgehead atoms. The molecule has 1 unspecified atom stereocenters. The van der Waals surface area contributed by atoms with Crippen molar-refractivity contribution in [3.05, 3.63) is 59.1 Å². The van der Waals surface area contributed by atoms with Gasteiger partial charge >= 0.3 is 5.97 Å². The normalized spacial score (nSPS) is 11.9. The Bertz CT molecular complexity index is 947. The zero-order chi connectivity index (χ0) is 19.2. The summed E-state index contributed by atoms with van der Waals surface area (Å²) in [6, 6.07) is 15.0. The van der Waals surface area contributed by atoms with E-state index in [1.807, 2.05) is 42.5 Å². The Morgan fingerprint density at radius 2 is 2.04 bits per heavy atom. The largest absolute Gasteiger partial charge is 0.463 e. The lowest BCUT2D eigenvalue weighted by Crippen LogP contribution is -2.26. The van der Waals surface area contributed by atoms with Crippen LogP contribution in [0.25, 0.3) is 10.2 Å². The molecule has 3 rings (SSSR count). The van der Waals surface area contributed by atoms with Crippen LogP contribution in [0.15, 0.2) is 52.9 Å². The van der Waals surface area contributed by atoms with Crippen LogP contribution in [-0.2, 0) is 14.3 Å². The van der Waals surface area contributed by atoms with Gasteiger partial charge in [-0.2, -0.15) is 0 Å². The quantitative estimate of drug-likeness (QED) is 0.347. The number of esters is 1. The number of amides is 1. The summed E-state index contributed by atoms with van der Waals surface area (Å²) in [6.07, 6.45) is 0. The lowest BCUT2D eigenvalue weighted by atomic mass is 10.1. The lowest BCUT2D eigenvalue weighted by molar-refractivity contribution is -0.143. The number of ether oxygens (including phenoxy) is 1. The van der Waals surface area contributed by atoms with E-state index >= 15 is 0 Å². The van der Waals surface area contributed by atoms with Gasteiger partial charge in [0.25, 0.3) is 0 Å². The predicted molar refractivity (Wildman–Crippen MR) is 109 cm³/mol. The summed E-state index contributed by atoms with van der Waals surface area (Å²) in [6.45, 7) is 1.83. The fraction of sp³-hybridized carbons (Fsp3) is 0.211. The van der Waals surface area contributed by atoms with Gasteiger partial charge in [-0.15, -0.1) is 11.3 Å². The third-order valence-electron chi connectivity index (χ3n) is 3.59. The fourth-order valence-corrected chi connectivity index (χ4v) is 4.77. The number of carbonyl (C=O) groups excluding carboxylic acids is 2. The molecule has 0 fully saturated rings. The number of rotatable bonds is 7. The molecule has 0 aliphatic carbocycles. The molecule has 1 atom stereocenters. The second-order valence-electron chi connectivity index (χ2n) is 5.65. The highest BCUT2D eigenvalue weighted by molar-refractivity contribution is 8.02. The van der Waals surface area contributed by atoms with Crippen LogP contribution in [0, 0.1) is 0 Å². The van der Waals surface area contributed by atoms with Crippen molar-refractivity contribution in [2.75, 3.05) is 13.2 Å². The highest BCUT2D eigenvalue weighted by Gasteiger charge is 2.25. The van der Waals surface area contributed by atoms with Crippen molar-refractivity contribution in [3.63, 3.8) is 0 Å². The van der Waals surface area contributed by atoms with Crippen LogP contribution in [0.4, 0.5) is 0 Å². The molecular formula is C19H17ClN2O3S2. The maximum atomic E-state index is 12.7. The van der Waals surface area contributed by atoms with Crippen LogP contribution in [0.2, 0.25) is 5.02 Å². The highest BCUT2D eigenvalue weighted by Crippen LogP contribution is 2.40. The Kier molecular flexibility index (Phi) is 6.71. The molecule has 2 aromatic carbocycles. The van der Waals surface area contributed by atoms with Crippen molar-refractivity contribution < 1.29 is 14.3 Å². The SMILES string of the molecule is CC(=O)NCCOC(=O)C(Sc1nc2cc(Cl)ccc2s1)c1ccccc1. The first-order chi connectivity index (χ1) is 13.0. The zero-order valence-corrected chi connectivity index (χ0v) is 16.9. The molecule has 0 aliphatic rings. The van der Waals surface area contributed by atoms with E-state index in [2.05, 4.69) is 10.3 Å². The number of halogens is 1. The van der Waals surface area contributed by atoms with Crippen molar-refractivity contribution in [1.82, 2.24) is 10.3 Å². The Morgan fingerprint density at radius 3 is 2.78 bits per heavy atom. The Balaban J connectivity index is 1.77. The van der Waals surface area contributed by atoms with Gasteiger partial charge < -0.3 is 10.1 Å². The number of nitrogens with zero attached hydrogens (tertiary/aromatic N) is 1. The molecule has 0 aliphatic heterocycles. The number of hydrogen-bond acceptors (Lipinski definition) is 6. The van der Waals surface area contributed by atoms with Gasteiger partial charge in [-0.25, -0.2) is 4.98 Å². The van der Waals surface area contributed by atoms with Crippen LogP contribution in [-0.4, -0.2) is 30.0 Å². The summed E-state index contributed by atoms with van der Waals surface area (Å²) < 4.78 is 7.13. The summed E-state index contributed by atoms with van der Waals surface area (Å²) in [4.78, 5) is 28.2. The summed E-state index contributed by atoms with van der Waals surface area (Å²) in [5.41, 5.74) is 1.64. The average Bonchev–Trinajstić information content (AvgIpc) is 3.05. The minimum absolute atomic E-state index is 0.123. The van der Waals surface area contributed by atoms with E-state index in [1.54, 1.807) is 6.07 Å². The smallest absolute Gasteiger partial charge is 0.324 e. The maximum absolute atomic E-state index is 12.7. The molecule has 5 nitrogen and oxygen atoms in total. The first kappa shape index (κ1) is 19.7. The van der Waals surface area contributed by atoms with Gasteiger partial charge in [0, 0.05) is 11.9 Å². The van der Waals surface area contributed by atoms with Gasteiger partial charge in [0.1, 0.15) is 11.9 Å². The fourth-order valence-electron chi connectivity index (χ4n) is 2.37. The van der Waals surface area contributed by atoms with Crippen LogP contribution in [0.5, 0.6) is 0 Å². The first-order valence-electron chi connectivity index (χ1n) is 8.21. The Morgan fingerprint density at radius 1 is 1.26 bits per heavy atom. The van der Waals surface area contributed by atoms with E-state index in [0.29, 0.717) is 5.02 Å². The number of aromatic nitrogens is 1. The van der Waals surface area contributed by atoms with Gasteiger partial charge in [0.15, 0.2) is 4.34 Å². The molecule has 0 saturated heterocycles. The van der Waals surface area contributed by atoms with Crippen molar-refractivity contribution in [3.8, 4) is 0 Å². The van der Waals surface area contributed by atoms with Gasteiger partial charge in [0.2, 0.25) is 5.91 Å². The third kappa shape index (κ3) is 5.45. The van der Waals surface area contributed by atoms with E-state index in [9.17, 15) is 9.59 Å². The maximum Gasteiger partial charge on any atom is 0.324 e. The Hall–Kier alpha value is -2.09. The van der Waals surface area contributed by atoms with Gasteiger partial charge in [-0.1, -0.05) is 53.7 Å². The predicted octanol–water partition coefficient (Wildman–Crippen LogP) is 4.46. The van der Waals surface area contributed by atoms with E-state index in [4.69, 9.17) is 16.3 Å². The van der Waals surface area contributed by atoms with Crippen molar-refractivity contribution >= 4 is 56.8 Å². The molecule has 27 heavy (non-hydrogen) atoms. The summed E-state index contributed by atoms with van der Waals surface area (Å²) >= 11 is 8.88. The summed E-state index contributed by atoms with van der Waals surface area (Å²) in [7, 11) is 0. The van der Waals surface area contributed by atoms with Gasteiger partial charge in [0.05, 0.1) is 16.8 Å². The van der Waals surface area contributed by atoms with E-state index in [-0.39, 0.29) is 25.0 Å². The van der Waals surface area contributed by atoms with Crippen LogP contribution in [0.3, 0.4) is 0 Å². The van der Waals surface area contributed by atoms with E-state index in [0.717, 1.165) is 20.1 Å². The molecular weight excluding hydrogens is 404 g/mol.